The van der Waals surface area contributed by atoms with Crippen LogP contribution in [0.25, 0.3) is 0 Å². The highest BCUT2D eigenvalue weighted by Crippen LogP contribution is 2.23. The van der Waals surface area contributed by atoms with Gasteiger partial charge in [0.2, 0.25) is 5.91 Å². The number of thioether (sulfide) groups is 1. The van der Waals surface area contributed by atoms with E-state index >= 15 is 0 Å². The average Bonchev–Trinajstić information content (AvgIpc) is 2.61. The molecule has 0 saturated heterocycles. The van der Waals surface area contributed by atoms with E-state index in [0.717, 1.165) is 23.5 Å². The summed E-state index contributed by atoms with van der Waals surface area (Å²) in [5.41, 5.74) is 2.49. The quantitative estimate of drug-likeness (QED) is 0.497. The Kier molecular flexibility index (Phi) is 8.05. The molecule has 0 fully saturated rings. The Bertz CT molecular complexity index is 680. The van der Waals surface area contributed by atoms with Gasteiger partial charge in [-0.15, -0.1) is 11.8 Å². The van der Waals surface area contributed by atoms with E-state index in [1.807, 2.05) is 32.9 Å². The fourth-order valence-electron chi connectivity index (χ4n) is 2.53. The standard InChI is InChI=1S/C22H29NO2S/c1-16(2)25-20-11-9-19(10-12-20)6-5-15-23-22(24)18(4)26-21-13-7-17(3)8-14-21/h7-14,16,18H,5-6,15H2,1-4H3,(H,23,24)/t18-/m1/s1. The molecule has 2 aromatic rings. The van der Waals surface area contributed by atoms with Crippen LogP contribution in [0, 0.1) is 6.92 Å². The average molecular weight is 372 g/mol. The Balaban J connectivity index is 1.68. The second kappa shape index (κ2) is 10.3. The van der Waals surface area contributed by atoms with Gasteiger partial charge < -0.3 is 10.1 Å². The molecule has 0 aliphatic carbocycles. The van der Waals surface area contributed by atoms with Crippen molar-refractivity contribution in [2.75, 3.05) is 6.54 Å². The Hall–Kier alpha value is -1.94. The molecule has 0 aliphatic rings. The molecule has 2 aromatic carbocycles. The summed E-state index contributed by atoms with van der Waals surface area (Å²) in [6.45, 7) is 8.76. The second-order valence-electron chi connectivity index (χ2n) is 6.78. The Morgan fingerprint density at radius 3 is 2.31 bits per heavy atom. The number of nitrogens with one attached hydrogen (secondary N) is 1. The molecule has 26 heavy (non-hydrogen) atoms. The predicted molar refractivity (Wildman–Crippen MR) is 110 cm³/mol. The first-order valence-electron chi connectivity index (χ1n) is 9.20. The van der Waals surface area contributed by atoms with Crippen LogP contribution in [0.15, 0.2) is 53.4 Å². The summed E-state index contributed by atoms with van der Waals surface area (Å²) in [6.07, 6.45) is 2.07. The number of amides is 1. The minimum Gasteiger partial charge on any atom is -0.491 e. The van der Waals surface area contributed by atoms with Crippen LogP contribution in [-0.2, 0) is 11.2 Å². The van der Waals surface area contributed by atoms with Gasteiger partial charge >= 0.3 is 0 Å². The van der Waals surface area contributed by atoms with Crippen molar-refractivity contribution in [1.29, 1.82) is 0 Å². The third kappa shape index (κ3) is 7.12. The lowest BCUT2D eigenvalue weighted by molar-refractivity contribution is -0.120. The Morgan fingerprint density at radius 2 is 1.69 bits per heavy atom. The molecule has 0 bridgehead atoms. The van der Waals surface area contributed by atoms with Crippen LogP contribution >= 0.6 is 11.8 Å². The van der Waals surface area contributed by atoms with E-state index in [4.69, 9.17) is 4.74 Å². The van der Waals surface area contributed by atoms with Gasteiger partial charge in [-0.05, 0) is 70.4 Å². The van der Waals surface area contributed by atoms with Crippen LogP contribution in [0.4, 0.5) is 0 Å². The summed E-state index contributed by atoms with van der Waals surface area (Å²) in [5.74, 6) is 0.996. The molecule has 1 N–H and O–H groups in total. The smallest absolute Gasteiger partial charge is 0.233 e. The minimum atomic E-state index is -0.0924. The second-order valence-corrected chi connectivity index (χ2v) is 8.19. The highest BCUT2D eigenvalue weighted by Gasteiger charge is 2.13. The molecule has 1 atom stereocenters. The fraction of sp³-hybridized carbons (Fsp3) is 0.409. The highest BCUT2D eigenvalue weighted by atomic mass is 32.2. The zero-order valence-electron chi connectivity index (χ0n) is 16.1. The van der Waals surface area contributed by atoms with Gasteiger partial charge in [0.25, 0.3) is 0 Å². The number of carbonyl (C=O) groups is 1. The van der Waals surface area contributed by atoms with Crippen LogP contribution in [0.5, 0.6) is 5.75 Å². The van der Waals surface area contributed by atoms with E-state index < -0.39 is 0 Å². The van der Waals surface area contributed by atoms with Crippen molar-refractivity contribution in [3.63, 3.8) is 0 Å². The van der Waals surface area contributed by atoms with E-state index in [9.17, 15) is 4.79 Å². The molecule has 4 heteroatoms. The van der Waals surface area contributed by atoms with E-state index in [2.05, 4.69) is 48.6 Å². The van der Waals surface area contributed by atoms with Gasteiger partial charge in [-0.1, -0.05) is 29.8 Å². The van der Waals surface area contributed by atoms with Gasteiger partial charge in [-0.2, -0.15) is 0 Å². The molecule has 0 unspecified atom stereocenters. The number of benzene rings is 2. The first kappa shape index (κ1) is 20.4. The van der Waals surface area contributed by atoms with Crippen LogP contribution in [0.1, 0.15) is 38.3 Å². The molecule has 0 saturated carbocycles. The Labute approximate surface area is 161 Å². The Morgan fingerprint density at radius 1 is 1.04 bits per heavy atom. The van der Waals surface area contributed by atoms with Crippen molar-refractivity contribution in [2.24, 2.45) is 0 Å². The first-order valence-corrected chi connectivity index (χ1v) is 10.1. The van der Waals surface area contributed by atoms with Gasteiger partial charge in [-0.25, -0.2) is 0 Å². The number of rotatable bonds is 9. The van der Waals surface area contributed by atoms with Crippen molar-refractivity contribution in [3.05, 3.63) is 59.7 Å². The maximum absolute atomic E-state index is 12.2. The van der Waals surface area contributed by atoms with Crippen molar-refractivity contribution < 1.29 is 9.53 Å². The van der Waals surface area contributed by atoms with Gasteiger partial charge in [-0.3, -0.25) is 4.79 Å². The lowest BCUT2D eigenvalue weighted by atomic mass is 10.1. The van der Waals surface area contributed by atoms with Crippen LogP contribution in [0.3, 0.4) is 0 Å². The molecule has 0 spiro atoms. The first-order chi connectivity index (χ1) is 12.4. The third-order valence-electron chi connectivity index (χ3n) is 3.94. The summed E-state index contributed by atoms with van der Waals surface area (Å²) in [6, 6.07) is 16.5. The van der Waals surface area contributed by atoms with Crippen molar-refractivity contribution in [3.8, 4) is 5.75 Å². The van der Waals surface area contributed by atoms with E-state index in [1.165, 1.54) is 11.1 Å². The zero-order valence-corrected chi connectivity index (χ0v) is 16.9. The molecule has 1 amide bonds. The van der Waals surface area contributed by atoms with Crippen molar-refractivity contribution in [1.82, 2.24) is 5.32 Å². The largest absolute Gasteiger partial charge is 0.491 e. The third-order valence-corrected chi connectivity index (χ3v) is 5.05. The van der Waals surface area contributed by atoms with E-state index in [0.29, 0.717) is 6.54 Å². The van der Waals surface area contributed by atoms with E-state index in [1.54, 1.807) is 11.8 Å². The molecule has 3 nitrogen and oxygen atoms in total. The SMILES string of the molecule is Cc1ccc(S[C@H](C)C(=O)NCCCc2ccc(OC(C)C)cc2)cc1. The molecule has 0 aliphatic heterocycles. The van der Waals surface area contributed by atoms with Crippen LogP contribution < -0.4 is 10.1 Å². The van der Waals surface area contributed by atoms with E-state index in [-0.39, 0.29) is 17.3 Å². The number of hydrogen-bond acceptors (Lipinski definition) is 3. The predicted octanol–water partition coefficient (Wildman–Crippen LogP) is 5.01. The number of ether oxygens (including phenoxy) is 1. The van der Waals surface area contributed by atoms with Gasteiger partial charge in [0.1, 0.15) is 5.75 Å². The summed E-state index contributed by atoms with van der Waals surface area (Å²) < 4.78 is 5.65. The molecule has 0 radical (unpaired) electrons. The minimum absolute atomic E-state index is 0.0924. The maximum atomic E-state index is 12.2. The topological polar surface area (TPSA) is 38.3 Å². The van der Waals surface area contributed by atoms with Gasteiger partial charge in [0.15, 0.2) is 0 Å². The molecule has 2 rings (SSSR count). The summed E-state index contributed by atoms with van der Waals surface area (Å²) >= 11 is 1.60. The molecule has 0 aromatic heterocycles. The number of carbonyl (C=O) groups excluding carboxylic acids is 1. The van der Waals surface area contributed by atoms with Crippen LogP contribution in [0.2, 0.25) is 0 Å². The van der Waals surface area contributed by atoms with Crippen molar-refractivity contribution in [2.45, 2.75) is 56.8 Å². The molecular formula is C22H29NO2S. The lowest BCUT2D eigenvalue weighted by Gasteiger charge is -2.12. The number of hydrogen-bond donors (Lipinski definition) is 1. The maximum Gasteiger partial charge on any atom is 0.233 e. The summed E-state index contributed by atoms with van der Waals surface area (Å²) in [7, 11) is 0. The van der Waals surface area contributed by atoms with Crippen molar-refractivity contribution >= 4 is 17.7 Å². The van der Waals surface area contributed by atoms with Crippen LogP contribution in [-0.4, -0.2) is 23.8 Å². The monoisotopic (exact) mass is 371 g/mol. The summed E-state index contributed by atoms with van der Waals surface area (Å²) in [4.78, 5) is 13.4. The lowest BCUT2D eigenvalue weighted by Crippen LogP contribution is -2.31. The van der Waals surface area contributed by atoms with Gasteiger partial charge in [0, 0.05) is 11.4 Å². The fourth-order valence-corrected chi connectivity index (χ4v) is 3.42. The molecular weight excluding hydrogens is 342 g/mol. The zero-order chi connectivity index (χ0) is 18.9. The van der Waals surface area contributed by atoms with Gasteiger partial charge in [0.05, 0.1) is 11.4 Å². The number of aryl methyl sites for hydroxylation is 2. The summed E-state index contributed by atoms with van der Waals surface area (Å²) in [5, 5.41) is 2.94. The highest BCUT2D eigenvalue weighted by molar-refractivity contribution is 8.00. The normalized spacial score (nSPS) is 12.0. The molecule has 0 heterocycles. The molecule has 140 valence electrons.